The molecule has 1 N–H and O–H groups in total. The summed E-state index contributed by atoms with van der Waals surface area (Å²) in [4.78, 5) is 3.60. The fourth-order valence-electron chi connectivity index (χ4n) is 1.61. The van der Waals surface area contributed by atoms with Gasteiger partial charge in [-0.2, -0.15) is 13.2 Å². The zero-order chi connectivity index (χ0) is 14.8. The number of alkyl halides is 3. The van der Waals surface area contributed by atoms with Gasteiger partial charge >= 0.3 is 6.18 Å². The zero-order valence-corrected chi connectivity index (χ0v) is 10.0. The van der Waals surface area contributed by atoms with Gasteiger partial charge in [0, 0.05) is 12.7 Å². The van der Waals surface area contributed by atoms with E-state index in [1.54, 1.807) is 0 Å². The largest absolute Gasteiger partial charge is 0.419 e. The fraction of sp³-hybridized carbons (Fsp3) is 0.154. The Morgan fingerprint density at radius 1 is 1.05 bits per heavy atom. The van der Waals surface area contributed by atoms with Gasteiger partial charge in [0.05, 0.1) is 5.56 Å². The summed E-state index contributed by atoms with van der Waals surface area (Å²) in [6.45, 7) is -0.0999. The van der Waals surface area contributed by atoms with Crippen LogP contribution in [0.4, 0.5) is 27.8 Å². The lowest BCUT2D eigenvalue weighted by molar-refractivity contribution is -0.137. The minimum atomic E-state index is -4.54. The van der Waals surface area contributed by atoms with E-state index in [4.69, 9.17) is 0 Å². The molecule has 0 fully saturated rings. The van der Waals surface area contributed by atoms with Crippen LogP contribution in [0.3, 0.4) is 0 Å². The maximum atomic E-state index is 13.0. The summed E-state index contributed by atoms with van der Waals surface area (Å²) in [6, 6.07) is 5.17. The van der Waals surface area contributed by atoms with Crippen molar-refractivity contribution in [3.63, 3.8) is 0 Å². The van der Waals surface area contributed by atoms with Crippen LogP contribution in [-0.4, -0.2) is 4.98 Å². The van der Waals surface area contributed by atoms with Crippen molar-refractivity contribution in [3.05, 3.63) is 59.3 Å². The highest BCUT2D eigenvalue weighted by atomic mass is 19.4. The molecule has 0 saturated heterocycles. The summed E-state index contributed by atoms with van der Waals surface area (Å²) in [7, 11) is 0. The first-order chi connectivity index (χ1) is 9.38. The Hall–Kier alpha value is -2.18. The van der Waals surface area contributed by atoms with E-state index in [0.717, 1.165) is 18.2 Å². The lowest BCUT2D eigenvalue weighted by Gasteiger charge is -2.13. The number of benzene rings is 1. The third-order valence-electron chi connectivity index (χ3n) is 2.56. The predicted octanol–water partition coefficient (Wildman–Crippen LogP) is 3.99. The first kappa shape index (κ1) is 14.2. The van der Waals surface area contributed by atoms with E-state index >= 15 is 0 Å². The summed E-state index contributed by atoms with van der Waals surface area (Å²) in [5.74, 6) is -2.42. The van der Waals surface area contributed by atoms with Crippen LogP contribution in [0.15, 0.2) is 36.5 Å². The molecule has 0 saturated carbocycles. The van der Waals surface area contributed by atoms with E-state index < -0.39 is 23.4 Å². The number of nitrogens with zero attached hydrogens (tertiary/aromatic N) is 1. The lowest BCUT2D eigenvalue weighted by Crippen LogP contribution is -2.12. The molecule has 0 unspecified atom stereocenters. The SMILES string of the molecule is Fc1ccc(CNc2ncccc2C(F)(F)F)cc1F. The van der Waals surface area contributed by atoms with E-state index in [1.807, 2.05) is 0 Å². The number of aromatic nitrogens is 1. The van der Waals surface area contributed by atoms with Crippen molar-refractivity contribution < 1.29 is 22.0 Å². The molecule has 1 aromatic carbocycles. The molecule has 0 aliphatic carbocycles. The third kappa shape index (κ3) is 3.23. The monoisotopic (exact) mass is 288 g/mol. The fourth-order valence-corrected chi connectivity index (χ4v) is 1.61. The molecule has 2 rings (SSSR count). The Bertz CT molecular complexity index is 610. The quantitative estimate of drug-likeness (QED) is 0.864. The van der Waals surface area contributed by atoms with E-state index in [1.165, 1.54) is 18.3 Å². The number of hydrogen-bond acceptors (Lipinski definition) is 2. The molecule has 20 heavy (non-hydrogen) atoms. The number of rotatable bonds is 3. The Labute approximate surface area is 111 Å². The normalized spacial score (nSPS) is 11.4. The van der Waals surface area contributed by atoms with E-state index in [2.05, 4.69) is 10.3 Å². The number of halogens is 5. The maximum absolute atomic E-state index is 13.0. The molecule has 2 nitrogen and oxygen atoms in total. The Morgan fingerprint density at radius 2 is 1.80 bits per heavy atom. The van der Waals surface area contributed by atoms with Gasteiger partial charge in [-0.3, -0.25) is 0 Å². The highest BCUT2D eigenvalue weighted by molar-refractivity contribution is 5.46. The second-order valence-electron chi connectivity index (χ2n) is 4.00. The molecule has 0 atom stereocenters. The molecule has 0 aliphatic rings. The molecule has 106 valence electrons. The van der Waals surface area contributed by atoms with Crippen LogP contribution in [0, 0.1) is 11.6 Å². The van der Waals surface area contributed by atoms with Gasteiger partial charge in [0.25, 0.3) is 0 Å². The van der Waals surface area contributed by atoms with Gasteiger partial charge in [-0.15, -0.1) is 0 Å². The smallest absolute Gasteiger partial charge is 0.365 e. The van der Waals surface area contributed by atoms with Crippen molar-refractivity contribution in [2.75, 3.05) is 5.32 Å². The van der Waals surface area contributed by atoms with E-state index in [9.17, 15) is 22.0 Å². The molecular formula is C13H9F5N2. The van der Waals surface area contributed by atoms with Gasteiger partial charge in [0.15, 0.2) is 11.6 Å². The average Bonchev–Trinajstić information content (AvgIpc) is 2.39. The number of nitrogens with one attached hydrogen (secondary N) is 1. The number of anilines is 1. The molecule has 0 spiro atoms. The molecule has 1 heterocycles. The second kappa shape index (κ2) is 5.44. The van der Waals surface area contributed by atoms with Gasteiger partial charge in [-0.25, -0.2) is 13.8 Å². The van der Waals surface area contributed by atoms with Crippen molar-refractivity contribution in [2.24, 2.45) is 0 Å². The zero-order valence-electron chi connectivity index (χ0n) is 10.0. The predicted molar refractivity (Wildman–Crippen MR) is 62.9 cm³/mol. The second-order valence-corrected chi connectivity index (χ2v) is 4.00. The highest BCUT2D eigenvalue weighted by Gasteiger charge is 2.33. The molecule has 7 heteroatoms. The summed E-state index contributed by atoms with van der Waals surface area (Å²) in [5.41, 5.74) is -0.606. The standard InChI is InChI=1S/C13H9F5N2/c14-10-4-3-8(6-11(10)15)7-20-12-9(13(16,17)18)2-1-5-19-12/h1-6H,7H2,(H,19,20). The van der Waals surface area contributed by atoms with Gasteiger partial charge < -0.3 is 5.32 Å². The topological polar surface area (TPSA) is 24.9 Å². The Balaban J connectivity index is 2.17. The lowest BCUT2D eigenvalue weighted by atomic mass is 10.2. The Morgan fingerprint density at radius 3 is 2.45 bits per heavy atom. The summed E-state index contributed by atoms with van der Waals surface area (Å²) < 4.78 is 63.8. The summed E-state index contributed by atoms with van der Waals surface area (Å²) in [6.07, 6.45) is -3.33. The average molecular weight is 288 g/mol. The van der Waals surface area contributed by atoms with Crippen LogP contribution in [0.25, 0.3) is 0 Å². The van der Waals surface area contributed by atoms with Crippen LogP contribution in [0.1, 0.15) is 11.1 Å². The molecule has 0 amide bonds. The van der Waals surface area contributed by atoms with Crippen LogP contribution < -0.4 is 5.32 Å². The first-order valence-electron chi connectivity index (χ1n) is 5.58. The van der Waals surface area contributed by atoms with Crippen molar-refractivity contribution in [2.45, 2.75) is 12.7 Å². The maximum Gasteiger partial charge on any atom is 0.419 e. The van der Waals surface area contributed by atoms with Crippen LogP contribution in [0.5, 0.6) is 0 Å². The van der Waals surface area contributed by atoms with Crippen molar-refractivity contribution >= 4 is 5.82 Å². The Kier molecular flexibility index (Phi) is 3.87. The molecule has 0 aliphatic heterocycles. The number of pyridine rings is 1. The van der Waals surface area contributed by atoms with E-state index in [-0.39, 0.29) is 12.4 Å². The third-order valence-corrected chi connectivity index (χ3v) is 2.56. The molecule has 0 bridgehead atoms. The van der Waals surface area contributed by atoms with Crippen LogP contribution >= 0.6 is 0 Å². The van der Waals surface area contributed by atoms with Gasteiger partial charge in [0.2, 0.25) is 0 Å². The van der Waals surface area contributed by atoms with Crippen LogP contribution in [-0.2, 0) is 12.7 Å². The van der Waals surface area contributed by atoms with Gasteiger partial charge in [-0.05, 0) is 29.8 Å². The first-order valence-corrected chi connectivity index (χ1v) is 5.58. The van der Waals surface area contributed by atoms with Crippen molar-refractivity contribution in [1.82, 2.24) is 4.98 Å². The van der Waals surface area contributed by atoms with Crippen molar-refractivity contribution in [3.8, 4) is 0 Å². The molecule has 0 radical (unpaired) electrons. The van der Waals surface area contributed by atoms with Gasteiger partial charge in [0.1, 0.15) is 5.82 Å². The molecule has 1 aromatic heterocycles. The van der Waals surface area contributed by atoms with E-state index in [0.29, 0.717) is 5.56 Å². The van der Waals surface area contributed by atoms with Crippen LogP contribution in [0.2, 0.25) is 0 Å². The van der Waals surface area contributed by atoms with Gasteiger partial charge in [-0.1, -0.05) is 6.07 Å². The number of hydrogen-bond donors (Lipinski definition) is 1. The minimum Gasteiger partial charge on any atom is -0.365 e. The summed E-state index contributed by atoms with van der Waals surface area (Å²) >= 11 is 0. The molecule has 2 aromatic rings. The highest BCUT2D eigenvalue weighted by Crippen LogP contribution is 2.33. The summed E-state index contributed by atoms with van der Waals surface area (Å²) in [5, 5.41) is 2.46. The minimum absolute atomic E-state index is 0.0999. The molecular weight excluding hydrogens is 279 g/mol. The van der Waals surface area contributed by atoms with Crippen molar-refractivity contribution in [1.29, 1.82) is 0 Å².